The first-order chi connectivity index (χ1) is 11.1. The Morgan fingerprint density at radius 1 is 1.12 bits per heavy atom. The molecule has 0 aliphatic rings. The number of aromatic nitrogens is 2. The molecular weight excluding hydrogens is 319 g/mol. The third-order valence-electron chi connectivity index (χ3n) is 3.41. The zero-order valence-electron chi connectivity index (χ0n) is 13.6. The van der Waals surface area contributed by atoms with Crippen molar-refractivity contribution in [2.45, 2.75) is 38.9 Å². The van der Waals surface area contributed by atoms with Crippen molar-refractivity contribution in [1.82, 2.24) is 15.3 Å². The van der Waals surface area contributed by atoms with Gasteiger partial charge in [0, 0.05) is 29.3 Å². The number of halogens is 3. The Hall–Kier alpha value is -2.44. The second-order valence-electron chi connectivity index (χ2n) is 6.40. The fourth-order valence-corrected chi connectivity index (χ4v) is 2.25. The molecule has 4 nitrogen and oxygen atoms in total. The van der Waals surface area contributed by atoms with E-state index in [4.69, 9.17) is 0 Å². The number of hydrogen-bond donors (Lipinski definition) is 1. The summed E-state index contributed by atoms with van der Waals surface area (Å²) in [6.45, 7) is 6.19. The van der Waals surface area contributed by atoms with E-state index in [0.29, 0.717) is 0 Å². The highest BCUT2D eigenvalue weighted by Gasteiger charge is 2.30. The molecule has 0 aliphatic heterocycles. The van der Waals surface area contributed by atoms with Crippen molar-refractivity contribution < 1.29 is 18.0 Å². The normalized spacial score (nSPS) is 12.1. The average molecular weight is 337 g/mol. The van der Waals surface area contributed by atoms with E-state index in [9.17, 15) is 18.0 Å². The Morgan fingerprint density at radius 3 is 2.29 bits per heavy atom. The summed E-state index contributed by atoms with van der Waals surface area (Å²) < 4.78 is 37.6. The molecule has 0 spiro atoms. The molecule has 0 fully saturated rings. The second kappa shape index (κ2) is 6.59. The molecule has 1 heterocycles. The number of carbonyl (C=O) groups is 1. The van der Waals surface area contributed by atoms with E-state index in [1.165, 1.54) is 6.33 Å². The van der Waals surface area contributed by atoms with Gasteiger partial charge in [-0.3, -0.25) is 4.79 Å². The summed E-state index contributed by atoms with van der Waals surface area (Å²) in [5.74, 6) is -0.451. The van der Waals surface area contributed by atoms with Gasteiger partial charge >= 0.3 is 6.18 Å². The first-order valence-corrected chi connectivity index (χ1v) is 7.34. The van der Waals surface area contributed by atoms with Crippen molar-refractivity contribution in [2.24, 2.45) is 0 Å². The summed E-state index contributed by atoms with van der Waals surface area (Å²) in [5.41, 5.74) is 0.746. The molecule has 0 atom stereocenters. The van der Waals surface area contributed by atoms with Crippen LogP contribution in [0.15, 0.2) is 36.8 Å². The summed E-state index contributed by atoms with van der Waals surface area (Å²) in [6, 6.07) is 4.09. The van der Waals surface area contributed by atoms with Gasteiger partial charge in [0.2, 0.25) is 0 Å². The molecule has 2 aromatic rings. The van der Waals surface area contributed by atoms with E-state index in [1.807, 2.05) is 20.8 Å². The molecule has 1 aromatic heterocycles. The van der Waals surface area contributed by atoms with E-state index < -0.39 is 17.6 Å². The highest BCUT2D eigenvalue weighted by atomic mass is 19.4. The van der Waals surface area contributed by atoms with Crippen LogP contribution in [0.25, 0.3) is 0 Å². The minimum absolute atomic E-state index is 0.164. The minimum Gasteiger partial charge on any atom is -0.348 e. The van der Waals surface area contributed by atoms with Crippen LogP contribution >= 0.6 is 0 Å². The molecule has 7 heteroatoms. The SMILES string of the molecule is CC(C)(C)c1ncncc1CNC(=O)c1ccc(C(F)(F)F)cc1. The van der Waals surface area contributed by atoms with Gasteiger partial charge in [-0.05, 0) is 24.3 Å². The number of nitrogens with zero attached hydrogens (tertiary/aromatic N) is 2. The van der Waals surface area contributed by atoms with Crippen LogP contribution in [0.3, 0.4) is 0 Å². The van der Waals surface area contributed by atoms with Crippen LogP contribution < -0.4 is 5.32 Å². The molecule has 0 bridgehead atoms. The summed E-state index contributed by atoms with van der Waals surface area (Å²) in [7, 11) is 0. The number of amides is 1. The maximum atomic E-state index is 12.5. The molecule has 0 saturated carbocycles. The van der Waals surface area contributed by atoms with Gasteiger partial charge in [-0.1, -0.05) is 20.8 Å². The van der Waals surface area contributed by atoms with Gasteiger partial charge in [0.25, 0.3) is 5.91 Å². The Kier molecular flexibility index (Phi) is 4.91. The summed E-state index contributed by atoms with van der Waals surface area (Å²) in [4.78, 5) is 20.3. The lowest BCUT2D eigenvalue weighted by atomic mass is 9.89. The lowest BCUT2D eigenvalue weighted by Gasteiger charge is -2.21. The van der Waals surface area contributed by atoms with Crippen molar-refractivity contribution >= 4 is 5.91 Å². The van der Waals surface area contributed by atoms with Crippen molar-refractivity contribution in [1.29, 1.82) is 0 Å². The van der Waals surface area contributed by atoms with E-state index in [2.05, 4.69) is 15.3 Å². The highest BCUT2D eigenvalue weighted by Crippen LogP contribution is 2.29. The number of hydrogen-bond acceptors (Lipinski definition) is 3. The summed E-state index contributed by atoms with van der Waals surface area (Å²) >= 11 is 0. The van der Waals surface area contributed by atoms with E-state index in [-0.39, 0.29) is 17.5 Å². The maximum Gasteiger partial charge on any atom is 0.416 e. The van der Waals surface area contributed by atoms with Gasteiger partial charge in [0.1, 0.15) is 6.33 Å². The van der Waals surface area contributed by atoms with Gasteiger partial charge in [-0.2, -0.15) is 13.2 Å². The maximum absolute atomic E-state index is 12.5. The number of benzene rings is 1. The fourth-order valence-electron chi connectivity index (χ4n) is 2.25. The van der Waals surface area contributed by atoms with Crippen LogP contribution in [-0.4, -0.2) is 15.9 Å². The highest BCUT2D eigenvalue weighted by molar-refractivity contribution is 5.94. The number of rotatable bonds is 3. The van der Waals surface area contributed by atoms with E-state index in [0.717, 1.165) is 35.5 Å². The Labute approximate surface area is 138 Å². The van der Waals surface area contributed by atoms with Crippen LogP contribution in [0.1, 0.15) is 48.0 Å². The fraction of sp³-hybridized carbons (Fsp3) is 0.353. The van der Waals surface area contributed by atoms with Gasteiger partial charge in [-0.15, -0.1) is 0 Å². The first kappa shape index (κ1) is 17.9. The van der Waals surface area contributed by atoms with Gasteiger partial charge in [0.05, 0.1) is 11.3 Å². The van der Waals surface area contributed by atoms with Gasteiger partial charge in [0.15, 0.2) is 0 Å². The lowest BCUT2D eigenvalue weighted by Crippen LogP contribution is -2.26. The van der Waals surface area contributed by atoms with Crippen LogP contribution in [0.5, 0.6) is 0 Å². The third-order valence-corrected chi connectivity index (χ3v) is 3.41. The zero-order chi connectivity index (χ0) is 18.0. The molecule has 24 heavy (non-hydrogen) atoms. The minimum atomic E-state index is -4.42. The molecule has 0 radical (unpaired) electrons. The smallest absolute Gasteiger partial charge is 0.348 e. The molecule has 0 aliphatic carbocycles. The Morgan fingerprint density at radius 2 is 1.75 bits per heavy atom. The third kappa shape index (κ3) is 4.31. The number of nitrogens with one attached hydrogen (secondary N) is 1. The standard InChI is InChI=1S/C17H18F3N3O/c1-16(2,3)14-12(8-21-10-23-14)9-22-15(24)11-4-6-13(7-5-11)17(18,19)20/h4-8,10H,9H2,1-3H3,(H,22,24). The van der Waals surface area contributed by atoms with Gasteiger partial charge < -0.3 is 5.32 Å². The lowest BCUT2D eigenvalue weighted by molar-refractivity contribution is -0.137. The quantitative estimate of drug-likeness (QED) is 0.929. The molecule has 1 N–H and O–H groups in total. The predicted octanol–water partition coefficient (Wildman–Crippen LogP) is 3.72. The van der Waals surface area contributed by atoms with E-state index >= 15 is 0 Å². The molecule has 0 unspecified atom stereocenters. The number of alkyl halides is 3. The second-order valence-corrected chi connectivity index (χ2v) is 6.40. The molecule has 128 valence electrons. The summed E-state index contributed by atoms with van der Waals surface area (Å²) in [5, 5.41) is 2.69. The van der Waals surface area contributed by atoms with Gasteiger partial charge in [-0.25, -0.2) is 9.97 Å². The average Bonchev–Trinajstić information content (AvgIpc) is 2.51. The molecular formula is C17H18F3N3O. The summed E-state index contributed by atoms with van der Waals surface area (Å²) in [6.07, 6.45) is -1.35. The monoisotopic (exact) mass is 337 g/mol. The van der Waals surface area contributed by atoms with E-state index in [1.54, 1.807) is 6.20 Å². The number of carbonyl (C=O) groups excluding carboxylic acids is 1. The Balaban J connectivity index is 2.09. The van der Waals surface area contributed by atoms with Crippen LogP contribution in [0, 0.1) is 0 Å². The van der Waals surface area contributed by atoms with Crippen molar-refractivity contribution in [3.8, 4) is 0 Å². The first-order valence-electron chi connectivity index (χ1n) is 7.34. The van der Waals surface area contributed by atoms with Crippen LogP contribution in [-0.2, 0) is 18.1 Å². The molecule has 1 aromatic carbocycles. The topological polar surface area (TPSA) is 54.9 Å². The zero-order valence-corrected chi connectivity index (χ0v) is 13.6. The van der Waals surface area contributed by atoms with Crippen LogP contribution in [0.2, 0.25) is 0 Å². The molecule has 1 amide bonds. The van der Waals surface area contributed by atoms with Crippen molar-refractivity contribution in [3.05, 3.63) is 59.2 Å². The van der Waals surface area contributed by atoms with Crippen LogP contribution in [0.4, 0.5) is 13.2 Å². The Bertz CT molecular complexity index is 719. The predicted molar refractivity (Wildman–Crippen MR) is 83.3 cm³/mol. The molecule has 2 rings (SSSR count). The van der Waals surface area contributed by atoms with Crippen molar-refractivity contribution in [3.63, 3.8) is 0 Å². The molecule has 0 saturated heterocycles. The largest absolute Gasteiger partial charge is 0.416 e. The van der Waals surface area contributed by atoms with Crippen molar-refractivity contribution in [2.75, 3.05) is 0 Å².